The third kappa shape index (κ3) is 4.83. The summed E-state index contributed by atoms with van der Waals surface area (Å²) < 4.78 is 30.5. The zero-order valence-electron chi connectivity index (χ0n) is 13.3. The second-order valence-electron chi connectivity index (χ2n) is 4.99. The van der Waals surface area contributed by atoms with Crippen LogP contribution in [0.2, 0.25) is 0 Å². The number of nitrogens with zero attached hydrogens (tertiary/aromatic N) is 1. The minimum atomic E-state index is -0.322. The van der Waals surface area contributed by atoms with Crippen molar-refractivity contribution in [1.82, 2.24) is 0 Å². The van der Waals surface area contributed by atoms with Crippen molar-refractivity contribution in [2.45, 2.75) is 20.1 Å². The van der Waals surface area contributed by atoms with Gasteiger partial charge in [-0.15, -0.1) is 0 Å². The monoisotopic (exact) mass is 312 g/mol. The molecule has 0 atom stereocenters. The highest BCUT2D eigenvalue weighted by molar-refractivity contribution is 5.56. The summed E-state index contributed by atoms with van der Waals surface area (Å²) in [6.45, 7) is 8.21. The molecular formula is C16H25FN2O3. The smallest absolute Gasteiger partial charge is 0.174 e. The first-order valence-corrected chi connectivity index (χ1v) is 7.84. The maximum Gasteiger partial charge on any atom is 0.174 e. The van der Waals surface area contributed by atoms with Crippen LogP contribution >= 0.6 is 0 Å². The lowest BCUT2D eigenvalue weighted by Crippen LogP contribution is -2.36. The van der Waals surface area contributed by atoms with Crippen LogP contribution in [0.4, 0.5) is 15.8 Å². The molecule has 1 N–H and O–H groups in total. The van der Waals surface area contributed by atoms with Crippen LogP contribution in [0, 0.1) is 5.82 Å². The van der Waals surface area contributed by atoms with Crippen molar-refractivity contribution < 1.29 is 18.6 Å². The topological polar surface area (TPSA) is 43.0 Å². The van der Waals surface area contributed by atoms with Gasteiger partial charge in [0.25, 0.3) is 0 Å². The maximum absolute atomic E-state index is 14.3. The second kappa shape index (κ2) is 8.92. The first-order valence-electron chi connectivity index (χ1n) is 7.84. The Morgan fingerprint density at radius 3 is 2.50 bits per heavy atom. The van der Waals surface area contributed by atoms with Crippen molar-refractivity contribution >= 4 is 11.4 Å². The van der Waals surface area contributed by atoms with E-state index in [4.69, 9.17) is 14.2 Å². The molecule has 0 bridgehead atoms. The number of rotatable bonds is 8. The number of hydrogen-bond donors (Lipinski definition) is 1. The van der Waals surface area contributed by atoms with E-state index in [-0.39, 0.29) is 12.1 Å². The number of hydrogen-bond acceptors (Lipinski definition) is 5. The molecule has 0 aromatic heterocycles. The van der Waals surface area contributed by atoms with Crippen LogP contribution < -0.4 is 10.2 Å². The average Bonchev–Trinajstić information content (AvgIpc) is 2.54. The van der Waals surface area contributed by atoms with E-state index >= 15 is 0 Å². The summed E-state index contributed by atoms with van der Waals surface area (Å²) in [5.41, 5.74) is 1.35. The Kier molecular flexibility index (Phi) is 6.89. The molecule has 0 saturated carbocycles. The van der Waals surface area contributed by atoms with Crippen molar-refractivity contribution in [3.8, 4) is 0 Å². The highest BCUT2D eigenvalue weighted by atomic mass is 19.1. The van der Waals surface area contributed by atoms with Gasteiger partial charge in [0.1, 0.15) is 5.82 Å². The summed E-state index contributed by atoms with van der Waals surface area (Å²) in [5.74, 6) is -0.226. The average molecular weight is 312 g/mol. The lowest BCUT2D eigenvalue weighted by atomic mass is 10.2. The first-order chi connectivity index (χ1) is 10.7. The molecule has 1 saturated heterocycles. The van der Waals surface area contributed by atoms with Crippen LogP contribution in [-0.4, -0.2) is 52.4 Å². The van der Waals surface area contributed by atoms with Crippen LogP contribution in [0.15, 0.2) is 18.2 Å². The standard InChI is InChI=1S/C16H25FN2O3/c1-3-21-16(22-4-2)12-18-13-5-6-15(14(17)11-13)19-7-9-20-10-8-19/h5-6,11,16,18H,3-4,7-10,12H2,1-2H3. The SMILES string of the molecule is CCOC(CNc1ccc(N2CCOCC2)c(F)c1)OCC. The van der Waals surface area contributed by atoms with Gasteiger partial charge in [0, 0.05) is 32.0 Å². The third-order valence-corrected chi connectivity index (χ3v) is 3.48. The number of nitrogens with one attached hydrogen (secondary N) is 1. The largest absolute Gasteiger partial charge is 0.380 e. The molecule has 1 heterocycles. The predicted molar refractivity (Wildman–Crippen MR) is 85.0 cm³/mol. The molecule has 1 aliphatic rings. The van der Waals surface area contributed by atoms with Crippen LogP contribution in [0.5, 0.6) is 0 Å². The van der Waals surface area contributed by atoms with Crippen LogP contribution in [-0.2, 0) is 14.2 Å². The van der Waals surface area contributed by atoms with Crippen LogP contribution in [0.3, 0.4) is 0 Å². The van der Waals surface area contributed by atoms with Gasteiger partial charge in [0.15, 0.2) is 6.29 Å². The molecule has 0 aliphatic carbocycles. The molecule has 0 spiro atoms. The zero-order chi connectivity index (χ0) is 15.8. The normalized spacial score (nSPS) is 15.4. The highest BCUT2D eigenvalue weighted by Crippen LogP contribution is 2.23. The molecule has 1 aromatic carbocycles. The Morgan fingerprint density at radius 2 is 1.91 bits per heavy atom. The van der Waals surface area contributed by atoms with E-state index in [1.165, 1.54) is 6.07 Å². The Morgan fingerprint density at radius 1 is 1.23 bits per heavy atom. The Balaban J connectivity index is 1.93. The predicted octanol–water partition coefficient (Wildman–Crippen LogP) is 2.47. The van der Waals surface area contributed by atoms with Crippen LogP contribution in [0.25, 0.3) is 0 Å². The molecule has 0 unspecified atom stereocenters. The molecule has 5 nitrogen and oxygen atoms in total. The molecule has 6 heteroatoms. The number of anilines is 2. The van der Waals surface area contributed by atoms with E-state index in [2.05, 4.69) is 5.32 Å². The summed E-state index contributed by atoms with van der Waals surface area (Å²) in [7, 11) is 0. The summed E-state index contributed by atoms with van der Waals surface area (Å²) in [6.07, 6.45) is -0.322. The van der Waals surface area contributed by atoms with Gasteiger partial charge in [0.05, 0.1) is 25.4 Å². The van der Waals surface area contributed by atoms with Gasteiger partial charge in [-0.1, -0.05) is 0 Å². The maximum atomic E-state index is 14.3. The molecule has 1 fully saturated rings. The van der Waals surface area contributed by atoms with E-state index in [9.17, 15) is 4.39 Å². The van der Waals surface area contributed by atoms with Crippen molar-refractivity contribution in [1.29, 1.82) is 0 Å². The Hall–Kier alpha value is -1.37. The fraction of sp³-hybridized carbons (Fsp3) is 0.625. The minimum absolute atomic E-state index is 0.226. The summed E-state index contributed by atoms with van der Waals surface area (Å²) in [6, 6.07) is 5.20. The van der Waals surface area contributed by atoms with Gasteiger partial charge in [-0.2, -0.15) is 0 Å². The van der Waals surface area contributed by atoms with Crippen molar-refractivity contribution in [3.05, 3.63) is 24.0 Å². The molecule has 1 aromatic rings. The quantitative estimate of drug-likeness (QED) is 0.747. The molecule has 22 heavy (non-hydrogen) atoms. The lowest BCUT2D eigenvalue weighted by Gasteiger charge is -2.29. The highest BCUT2D eigenvalue weighted by Gasteiger charge is 2.15. The first kappa shape index (κ1) is 17.0. The fourth-order valence-corrected chi connectivity index (χ4v) is 2.42. The fourth-order valence-electron chi connectivity index (χ4n) is 2.42. The summed E-state index contributed by atoms with van der Waals surface area (Å²) in [4.78, 5) is 2.01. The van der Waals surface area contributed by atoms with Gasteiger partial charge in [-0.3, -0.25) is 0 Å². The van der Waals surface area contributed by atoms with Gasteiger partial charge < -0.3 is 24.4 Å². The number of halogens is 1. The molecular weight excluding hydrogens is 287 g/mol. The molecule has 124 valence electrons. The van der Waals surface area contributed by atoms with Crippen molar-refractivity contribution in [2.24, 2.45) is 0 Å². The Bertz CT molecular complexity index is 447. The Labute approximate surface area is 131 Å². The minimum Gasteiger partial charge on any atom is -0.380 e. The third-order valence-electron chi connectivity index (χ3n) is 3.48. The summed E-state index contributed by atoms with van der Waals surface area (Å²) >= 11 is 0. The van der Waals surface area contributed by atoms with E-state index in [1.807, 2.05) is 24.8 Å². The van der Waals surface area contributed by atoms with Crippen LogP contribution in [0.1, 0.15) is 13.8 Å². The van der Waals surface area contributed by atoms with Gasteiger partial charge in [-0.25, -0.2) is 4.39 Å². The van der Waals surface area contributed by atoms with Gasteiger partial charge in [0.2, 0.25) is 0 Å². The van der Waals surface area contributed by atoms with Crippen molar-refractivity contribution in [3.63, 3.8) is 0 Å². The second-order valence-corrected chi connectivity index (χ2v) is 4.99. The summed E-state index contributed by atoms with van der Waals surface area (Å²) in [5, 5.41) is 3.15. The number of morpholine rings is 1. The van der Waals surface area contributed by atoms with E-state index in [0.29, 0.717) is 38.7 Å². The molecule has 2 rings (SSSR count). The van der Waals surface area contributed by atoms with E-state index in [1.54, 1.807) is 6.07 Å². The van der Waals surface area contributed by atoms with Gasteiger partial charge >= 0.3 is 0 Å². The number of ether oxygens (including phenoxy) is 3. The van der Waals surface area contributed by atoms with E-state index in [0.717, 1.165) is 18.8 Å². The molecule has 0 radical (unpaired) electrons. The lowest BCUT2D eigenvalue weighted by molar-refractivity contribution is -0.126. The molecule has 1 aliphatic heterocycles. The zero-order valence-corrected chi connectivity index (χ0v) is 13.3. The number of benzene rings is 1. The van der Waals surface area contributed by atoms with Gasteiger partial charge in [-0.05, 0) is 32.0 Å². The van der Waals surface area contributed by atoms with Crippen molar-refractivity contribution in [2.75, 3.05) is 56.3 Å². The molecule has 0 amide bonds. The van der Waals surface area contributed by atoms with E-state index < -0.39 is 0 Å².